The Bertz CT molecular complexity index is 1270. The average Bonchev–Trinajstić information content (AvgIpc) is 3.06. The van der Waals surface area contributed by atoms with E-state index in [1.807, 2.05) is 38.1 Å². The summed E-state index contributed by atoms with van der Waals surface area (Å²) in [6.07, 6.45) is 0. The van der Waals surface area contributed by atoms with Crippen molar-refractivity contribution in [3.63, 3.8) is 0 Å². The van der Waals surface area contributed by atoms with Crippen LogP contribution < -0.4 is 19.9 Å². The number of amides is 2. The fourth-order valence-corrected chi connectivity index (χ4v) is 3.64. The van der Waals surface area contributed by atoms with Crippen LogP contribution in [0.4, 0.5) is 25.8 Å². The Morgan fingerprint density at radius 2 is 1.56 bits per heavy atom. The zero-order valence-corrected chi connectivity index (χ0v) is 18.9. The first-order valence-electron chi connectivity index (χ1n) is 10.7. The molecule has 0 aromatic heterocycles. The third-order valence-corrected chi connectivity index (χ3v) is 5.35. The molecule has 4 rings (SSSR count). The van der Waals surface area contributed by atoms with Crippen molar-refractivity contribution >= 4 is 34.4 Å². The maximum Gasteiger partial charge on any atom is 0.282 e. The van der Waals surface area contributed by atoms with Crippen LogP contribution in [0.25, 0.3) is 5.57 Å². The third kappa shape index (κ3) is 4.34. The highest BCUT2D eigenvalue weighted by atomic mass is 19.2. The quantitative estimate of drug-likeness (QED) is 0.509. The Balaban J connectivity index is 1.77. The molecule has 0 atom stereocenters. The van der Waals surface area contributed by atoms with Gasteiger partial charge in [0.15, 0.2) is 11.6 Å². The summed E-state index contributed by atoms with van der Waals surface area (Å²) in [5, 5.41) is 3.05. The molecule has 34 heavy (non-hydrogen) atoms. The molecule has 0 unspecified atom stereocenters. The molecule has 1 aliphatic rings. The number of imide groups is 1. The van der Waals surface area contributed by atoms with Crippen LogP contribution in [-0.2, 0) is 9.59 Å². The van der Waals surface area contributed by atoms with Crippen LogP contribution in [0.1, 0.15) is 12.5 Å². The number of ether oxygens (including phenoxy) is 1. The third-order valence-electron chi connectivity index (χ3n) is 5.35. The van der Waals surface area contributed by atoms with E-state index in [9.17, 15) is 18.4 Å². The molecule has 1 aliphatic heterocycles. The van der Waals surface area contributed by atoms with Crippen molar-refractivity contribution in [1.82, 2.24) is 0 Å². The maximum absolute atomic E-state index is 13.9. The molecule has 0 radical (unpaired) electrons. The number of hydrogen-bond acceptors (Lipinski definition) is 5. The Labute approximate surface area is 196 Å². The summed E-state index contributed by atoms with van der Waals surface area (Å²) in [5.41, 5.74) is 2.14. The number of benzene rings is 3. The van der Waals surface area contributed by atoms with E-state index in [2.05, 4.69) is 5.32 Å². The minimum atomic E-state index is -1.15. The highest BCUT2D eigenvalue weighted by molar-refractivity contribution is 6.46. The normalized spacial score (nSPS) is 13.5. The van der Waals surface area contributed by atoms with E-state index in [-0.39, 0.29) is 17.0 Å². The zero-order chi connectivity index (χ0) is 24.4. The van der Waals surface area contributed by atoms with Gasteiger partial charge >= 0.3 is 0 Å². The van der Waals surface area contributed by atoms with Gasteiger partial charge in [-0.1, -0.05) is 12.1 Å². The summed E-state index contributed by atoms with van der Waals surface area (Å²) in [5.74, 6) is -2.91. The van der Waals surface area contributed by atoms with Crippen LogP contribution in [0, 0.1) is 11.6 Å². The van der Waals surface area contributed by atoms with Gasteiger partial charge in [0.25, 0.3) is 11.8 Å². The zero-order valence-electron chi connectivity index (χ0n) is 18.9. The SMILES string of the molecule is CCOc1ccc(C2=C(Nc3ccc(N(C)C)cc3)C(=O)N(c3ccc(F)c(F)c3)C2=O)cc1. The fourth-order valence-electron chi connectivity index (χ4n) is 3.64. The number of halogens is 2. The molecule has 1 heterocycles. The minimum absolute atomic E-state index is 0.0384. The summed E-state index contributed by atoms with van der Waals surface area (Å²) in [6, 6.07) is 17.0. The van der Waals surface area contributed by atoms with Crippen molar-refractivity contribution in [3.05, 3.63) is 89.6 Å². The molecule has 0 fully saturated rings. The molecule has 2 amide bonds. The van der Waals surface area contributed by atoms with Gasteiger partial charge in [0, 0.05) is 31.5 Å². The van der Waals surface area contributed by atoms with E-state index >= 15 is 0 Å². The summed E-state index contributed by atoms with van der Waals surface area (Å²) in [6.45, 7) is 2.35. The summed E-state index contributed by atoms with van der Waals surface area (Å²) < 4.78 is 32.8. The Morgan fingerprint density at radius 1 is 0.882 bits per heavy atom. The van der Waals surface area contributed by atoms with Crippen LogP contribution in [0.15, 0.2) is 72.4 Å². The van der Waals surface area contributed by atoms with E-state index < -0.39 is 23.4 Å². The van der Waals surface area contributed by atoms with Gasteiger partial charge in [0.2, 0.25) is 0 Å². The molecule has 0 saturated carbocycles. The van der Waals surface area contributed by atoms with Gasteiger partial charge in [0.05, 0.1) is 17.9 Å². The van der Waals surface area contributed by atoms with Crippen molar-refractivity contribution in [3.8, 4) is 5.75 Å². The van der Waals surface area contributed by atoms with Gasteiger partial charge in [-0.15, -0.1) is 0 Å². The lowest BCUT2D eigenvalue weighted by Gasteiger charge is -2.16. The number of hydrogen-bond donors (Lipinski definition) is 1. The average molecular weight is 463 g/mol. The number of carbonyl (C=O) groups excluding carboxylic acids is 2. The Hall–Kier alpha value is -4.20. The predicted molar refractivity (Wildman–Crippen MR) is 128 cm³/mol. The van der Waals surface area contributed by atoms with Crippen LogP contribution in [0.2, 0.25) is 0 Å². The molecule has 174 valence electrons. The van der Waals surface area contributed by atoms with Crippen molar-refractivity contribution < 1.29 is 23.1 Å². The molecule has 6 nitrogen and oxygen atoms in total. The van der Waals surface area contributed by atoms with E-state index in [1.54, 1.807) is 36.4 Å². The number of carbonyl (C=O) groups is 2. The van der Waals surface area contributed by atoms with Crippen LogP contribution >= 0.6 is 0 Å². The maximum atomic E-state index is 13.9. The van der Waals surface area contributed by atoms with Gasteiger partial charge in [-0.25, -0.2) is 13.7 Å². The molecule has 3 aromatic carbocycles. The number of anilines is 3. The van der Waals surface area contributed by atoms with Crippen molar-refractivity contribution in [2.24, 2.45) is 0 Å². The minimum Gasteiger partial charge on any atom is -0.494 e. The molecule has 1 N–H and O–H groups in total. The summed E-state index contributed by atoms with van der Waals surface area (Å²) in [7, 11) is 3.82. The second-order valence-electron chi connectivity index (χ2n) is 7.82. The first-order chi connectivity index (χ1) is 16.3. The standard InChI is InChI=1S/C26H23F2N3O3/c1-4-34-20-12-5-16(6-13-20)23-24(29-17-7-9-18(10-8-17)30(2)3)26(33)31(25(23)32)19-11-14-21(27)22(28)15-19/h5-15,29H,4H2,1-3H3. The second-order valence-corrected chi connectivity index (χ2v) is 7.82. The lowest BCUT2D eigenvalue weighted by atomic mass is 10.0. The molecule has 0 spiro atoms. The molecule has 8 heteroatoms. The smallest absolute Gasteiger partial charge is 0.282 e. The number of rotatable bonds is 7. The molecular formula is C26H23F2N3O3. The molecule has 0 aliphatic carbocycles. The van der Waals surface area contributed by atoms with E-state index in [1.165, 1.54) is 6.07 Å². The fraction of sp³-hybridized carbons (Fsp3) is 0.154. The number of nitrogens with zero attached hydrogens (tertiary/aromatic N) is 2. The van der Waals surface area contributed by atoms with Crippen molar-refractivity contribution in [2.75, 3.05) is 35.8 Å². The van der Waals surface area contributed by atoms with Gasteiger partial charge in [-0.05, 0) is 61.0 Å². The first-order valence-corrected chi connectivity index (χ1v) is 10.7. The van der Waals surface area contributed by atoms with Crippen LogP contribution in [-0.4, -0.2) is 32.5 Å². The van der Waals surface area contributed by atoms with Crippen LogP contribution in [0.5, 0.6) is 5.75 Å². The summed E-state index contributed by atoms with van der Waals surface area (Å²) >= 11 is 0. The highest BCUT2D eigenvalue weighted by Crippen LogP contribution is 2.35. The van der Waals surface area contributed by atoms with Crippen molar-refractivity contribution in [1.29, 1.82) is 0 Å². The molecule has 3 aromatic rings. The van der Waals surface area contributed by atoms with Crippen molar-refractivity contribution in [2.45, 2.75) is 6.92 Å². The van der Waals surface area contributed by atoms with E-state index in [0.29, 0.717) is 23.6 Å². The Kier molecular flexibility index (Phi) is 6.32. The van der Waals surface area contributed by atoms with E-state index in [4.69, 9.17) is 4.74 Å². The lowest BCUT2D eigenvalue weighted by molar-refractivity contribution is -0.120. The van der Waals surface area contributed by atoms with Gasteiger partial charge in [0.1, 0.15) is 11.4 Å². The summed E-state index contributed by atoms with van der Waals surface area (Å²) in [4.78, 5) is 29.6. The number of nitrogens with one attached hydrogen (secondary N) is 1. The first kappa shape index (κ1) is 23.0. The monoisotopic (exact) mass is 463 g/mol. The topological polar surface area (TPSA) is 61.9 Å². The largest absolute Gasteiger partial charge is 0.494 e. The predicted octanol–water partition coefficient (Wildman–Crippen LogP) is 4.83. The molecular weight excluding hydrogens is 440 g/mol. The second kappa shape index (κ2) is 9.35. The van der Waals surface area contributed by atoms with Gasteiger partial charge < -0.3 is 15.0 Å². The lowest BCUT2D eigenvalue weighted by Crippen LogP contribution is -2.32. The van der Waals surface area contributed by atoms with E-state index in [0.717, 1.165) is 22.7 Å². The molecule has 0 saturated heterocycles. The van der Waals surface area contributed by atoms with Gasteiger partial charge in [-0.3, -0.25) is 9.59 Å². The molecule has 0 bridgehead atoms. The highest BCUT2D eigenvalue weighted by Gasteiger charge is 2.40. The Morgan fingerprint density at radius 3 is 2.15 bits per heavy atom. The van der Waals surface area contributed by atoms with Gasteiger partial charge in [-0.2, -0.15) is 0 Å². The van der Waals surface area contributed by atoms with Crippen LogP contribution in [0.3, 0.4) is 0 Å².